The van der Waals surface area contributed by atoms with E-state index in [-0.39, 0.29) is 23.3 Å². The highest BCUT2D eigenvalue weighted by Crippen LogP contribution is 2.28. The number of carbonyl (C=O) groups excluding carboxylic acids is 1. The van der Waals surface area contributed by atoms with E-state index in [4.69, 9.17) is 0 Å². The molecule has 2 aliphatic rings. The molecule has 2 aliphatic heterocycles. The summed E-state index contributed by atoms with van der Waals surface area (Å²) < 4.78 is 28.6. The van der Waals surface area contributed by atoms with Crippen molar-refractivity contribution >= 4 is 21.6 Å². The van der Waals surface area contributed by atoms with E-state index < -0.39 is 10.0 Å². The van der Waals surface area contributed by atoms with Crippen LogP contribution >= 0.6 is 0 Å². The van der Waals surface area contributed by atoms with Gasteiger partial charge in [-0.25, -0.2) is 13.1 Å². The first-order valence-corrected chi connectivity index (χ1v) is 11.1. The number of aryl methyl sites for hydroxylation is 1. The van der Waals surface area contributed by atoms with Crippen molar-refractivity contribution in [2.24, 2.45) is 0 Å². The summed E-state index contributed by atoms with van der Waals surface area (Å²) in [5, 5.41) is 2.73. The summed E-state index contributed by atoms with van der Waals surface area (Å²) in [5.74, 6) is -0.105. The first-order chi connectivity index (χ1) is 13.4. The second-order valence-electron chi connectivity index (χ2n) is 7.51. The van der Waals surface area contributed by atoms with Crippen molar-refractivity contribution in [3.63, 3.8) is 0 Å². The zero-order valence-electron chi connectivity index (χ0n) is 15.9. The van der Waals surface area contributed by atoms with Gasteiger partial charge in [0.05, 0.1) is 11.3 Å². The van der Waals surface area contributed by atoms with Gasteiger partial charge in [-0.15, -0.1) is 0 Å². The number of carbonyl (C=O) groups is 1. The minimum absolute atomic E-state index is 0.0103. The fraction of sp³-hybridized carbons (Fsp3) is 0.381. The zero-order chi connectivity index (χ0) is 19.7. The first-order valence-electron chi connectivity index (χ1n) is 9.66. The van der Waals surface area contributed by atoms with Gasteiger partial charge in [-0.2, -0.15) is 0 Å². The molecule has 0 aromatic heterocycles. The molecule has 7 heteroatoms. The minimum atomic E-state index is -3.66. The molecular formula is C21H25N3O3S. The smallest absolute Gasteiger partial charge is 0.240 e. The molecule has 0 bridgehead atoms. The maximum Gasteiger partial charge on any atom is 0.240 e. The highest BCUT2D eigenvalue weighted by atomic mass is 32.2. The third kappa shape index (κ3) is 3.83. The van der Waals surface area contributed by atoms with E-state index in [1.165, 1.54) is 5.56 Å². The van der Waals surface area contributed by atoms with Gasteiger partial charge in [0.25, 0.3) is 0 Å². The van der Waals surface area contributed by atoms with Gasteiger partial charge in [0.15, 0.2) is 0 Å². The van der Waals surface area contributed by atoms with Gasteiger partial charge in [0, 0.05) is 18.3 Å². The molecule has 6 nitrogen and oxygen atoms in total. The Balaban J connectivity index is 1.56. The summed E-state index contributed by atoms with van der Waals surface area (Å²) in [7, 11) is -3.66. The normalized spacial score (nSPS) is 18.1. The standard InChI is InChI=1S/C21H25N3O3S/c1-15-6-2-3-7-18(15)20(24-10-4-5-11-24)14-22-28(26,27)17-8-9-19-16(12-17)13-21(25)23-19/h2-3,6-9,12,20,22H,4-5,10-11,13-14H2,1H3,(H,23,25). The summed E-state index contributed by atoms with van der Waals surface area (Å²) in [6.07, 6.45) is 2.50. The lowest BCUT2D eigenvalue weighted by atomic mass is 10.0. The summed E-state index contributed by atoms with van der Waals surface area (Å²) in [6.45, 7) is 4.35. The Morgan fingerprint density at radius 2 is 1.89 bits per heavy atom. The number of rotatable bonds is 6. The molecular weight excluding hydrogens is 374 g/mol. The van der Waals surface area contributed by atoms with E-state index >= 15 is 0 Å². The maximum atomic E-state index is 12.9. The first kappa shape index (κ1) is 19.1. The number of likely N-dealkylation sites (tertiary alicyclic amines) is 1. The van der Waals surface area contributed by atoms with Crippen LogP contribution in [0.15, 0.2) is 47.4 Å². The van der Waals surface area contributed by atoms with Gasteiger partial charge >= 0.3 is 0 Å². The lowest BCUT2D eigenvalue weighted by Crippen LogP contribution is -2.37. The Morgan fingerprint density at radius 3 is 2.64 bits per heavy atom. The van der Waals surface area contributed by atoms with Crippen LogP contribution in [-0.2, 0) is 21.2 Å². The van der Waals surface area contributed by atoms with Crippen molar-refractivity contribution in [3.8, 4) is 0 Å². The lowest BCUT2D eigenvalue weighted by molar-refractivity contribution is -0.115. The van der Waals surface area contributed by atoms with Crippen LogP contribution < -0.4 is 10.0 Å². The SMILES string of the molecule is Cc1ccccc1C(CNS(=O)(=O)c1ccc2c(c1)CC(=O)N2)N1CCCC1. The van der Waals surface area contributed by atoms with Crippen LogP contribution in [0.1, 0.15) is 35.6 Å². The number of anilines is 1. The molecule has 148 valence electrons. The molecule has 1 unspecified atom stereocenters. The molecule has 2 aromatic carbocycles. The predicted molar refractivity (Wildman–Crippen MR) is 109 cm³/mol. The average Bonchev–Trinajstić information content (AvgIpc) is 3.31. The van der Waals surface area contributed by atoms with Crippen LogP contribution in [0.25, 0.3) is 0 Å². The molecule has 2 heterocycles. The number of benzene rings is 2. The predicted octanol–water partition coefficient (Wildman–Crippen LogP) is 2.61. The van der Waals surface area contributed by atoms with Crippen LogP contribution in [-0.4, -0.2) is 38.9 Å². The molecule has 1 amide bonds. The number of nitrogens with one attached hydrogen (secondary N) is 2. The number of hydrogen-bond donors (Lipinski definition) is 2. The quantitative estimate of drug-likeness (QED) is 0.783. The average molecular weight is 400 g/mol. The number of hydrogen-bond acceptors (Lipinski definition) is 4. The Bertz CT molecular complexity index is 998. The van der Waals surface area contributed by atoms with Crippen molar-refractivity contribution in [3.05, 3.63) is 59.2 Å². The third-order valence-corrected chi connectivity index (χ3v) is 7.03. The molecule has 28 heavy (non-hydrogen) atoms. The highest BCUT2D eigenvalue weighted by molar-refractivity contribution is 7.89. The Labute approximate surface area is 166 Å². The van der Waals surface area contributed by atoms with E-state index in [1.54, 1.807) is 18.2 Å². The second-order valence-corrected chi connectivity index (χ2v) is 9.28. The second kappa shape index (κ2) is 7.66. The van der Waals surface area contributed by atoms with E-state index in [2.05, 4.69) is 34.0 Å². The van der Waals surface area contributed by atoms with E-state index in [1.807, 2.05) is 12.1 Å². The van der Waals surface area contributed by atoms with Gasteiger partial charge in [0.2, 0.25) is 15.9 Å². The largest absolute Gasteiger partial charge is 0.326 e. The van der Waals surface area contributed by atoms with Crippen LogP contribution in [0, 0.1) is 6.92 Å². The molecule has 1 fully saturated rings. The molecule has 4 rings (SSSR count). The lowest BCUT2D eigenvalue weighted by Gasteiger charge is -2.29. The van der Waals surface area contributed by atoms with E-state index in [9.17, 15) is 13.2 Å². The Kier molecular flexibility index (Phi) is 5.23. The van der Waals surface area contributed by atoms with Gasteiger partial charge in [0.1, 0.15) is 0 Å². The van der Waals surface area contributed by atoms with E-state index in [0.717, 1.165) is 37.1 Å². The summed E-state index contributed by atoms with van der Waals surface area (Å²) >= 11 is 0. The van der Waals surface area contributed by atoms with Crippen LogP contribution in [0.2, 0.25) is 0 Å². The monoisotopic (exact) mass is 399 g/mol. The molecule has 0 spiro atoms. The molecule has 2 N–H and O–H groups in total. The minimum Gasteiger partial charge on any atom is -0.326 e. The number of nitrogens with zero attached hydrogens (tertiary/aromatic N) is 1. The van der Waals surface area contributed by atoms with Crippen molar-refractivity contribution in [2.45, 2.75) is 37.1 Å². The molecule has 0 saturated carbocycles. The van der Waals surface area contributed by atoms with Gasteiger partial charge in [-0.3, -0.25) is 9.69 Å². The molecule has 0 radical (unpaired) electrons. The van der Waals surface area contributed by atoms with Crippen molar-refractivity contribution in [1.29, 1.82) is 0 Å². The Morgan fingerprint density at radius 1 is 1.14 bits per heavy atom. The number of amides is 1. The van der Waals surface area contributed by atoms with Crippen molar-refractivity contribution in [1.82, 2.24) is 9.62 Å². The Hall–Kier alpha value is -2.22. The van der Waals surface area contributed by atoms with Gasteiger partial charge in [-0.1, -0.05) is 24.3 Å². The molecule has 1 atom stereocenters. The third-order valence-electron chi connectivity index (χ3n) is 5.61. The zero-order valence-corrected chi connectivity index (χ0v) is 16.8. The maximum absolute atomic E-state index is 12.9. The highest BCUT2D eigenvalue weighted by Gasteiger charge is 2.27. The molecule has 2 aromatic rings. The van der Waals surface area contributed by atoms with Crippen molar-refractivity contribution in [2.75, 3.05) is 25.0 Å². The van der Waals surface area contributed by atoms with Crippen LogP contribution in [0.3, 0.4) is 0 Å². The van der Waals surface area contributed by atoms with Crippen molar-refractivity contribution < 1.29 is 13.2 Å². The summed E-state index contributed by atoms with van der Waals surface area (Å²) in [6, 6.07) is 13.0. The van der Waals surface area contributed by atoms with Crippen LogP contribution in [0.4, 0.5) is 5.69 Å². The number of fused-ring (bicyclic) bond motifs is 1. The van der Waals surface area contributed by atoms with Crippen LogP contribution in [0.5, 0.6) is 0 Å². The summed E-state index contributed by atoms with van der Waals surface area (Å²) in [4.78, 5) is 14.1. The molecule has 0 aliphatic carbocycles. The summed E-state index contributed by atoms with van der Waals surface area (Å²) in [5.41, 5.74) is 3.75. The topological polar surface area (TPSA) is 78.5 Å². The van der Waals surface area contributed by atoms with Gasteiger partial charge in [-0.05, 0) is 67.7 Å². The fourth-order valence-corrected chi connectivity index (χ4v) is 5.18. The number of sulfonamides is 1. The molecule has 1 saturated heterocycles. The van der Waals surface area contributed by atoms with Gasteiger partial charge < -0.3 is 5.32 Å². The fourth-order valence-electron chi connectivity index (χ4n) is 4.09. The van der Waals surface area contributed by atoms with E-state index in [0.29, 0.717) is 12.2 Å².